The summed E-state index contributed by atoms with van der Waals surface area (Å²) in [5, 5.41) is 10.3. The number of carboxylic acid groups (broad SMARTS) is 1. The minimum absolute atomic E-state index is 0.505. The van der Waals surface area contributed by atoms with E-state index in [0.717, 1.165) is 10.5 Å². The van der Waals surface area contributed by atoms with Crippen LogP contribution in [0.3, 0.4) is 0 Å². The molecule has 1 N–H and O–H groups in total. The monoisotopic (exact) mass is 177 g/mol. The molecule has 1 radical (unpaired) electrons. The Bertz CT molecular complexity index is 78.5. The summed E-state index contributed by atoms with van der Waals surface area (Å²) in [6, 6.07) is 0. The van der Waals surface area contributed by atoms with E-state index in [4.69, 9.17) is 5.11 Å². The summed E-state index contributed by atoms with van der Waals surface area (Å²) < 4.78 is 0. The van der Waals surface area contributed by atoms with Crippen LogP contribution in [0.5, 0.6) is 0 Å². The van der Waals surface area contributed by atoms with E-state index in [2.05, 4.69) is 0 Å². The van der Waals surface area contributed by atoms with Gasteiger partial charge < -0.3 is 0 Å². The van der Waals surface area contributed by atoms with Crippen LogP contribution in [0.2, 0.25) is 10.5 Å². The van der Waals surface area contributed by atoms with Crippen LogP contribution in [0.25, 0.3) is 0 Å². The molecule has 0 aromatic carbocycles. The molecular weight excluding hydrogens is 165 g/mol. The summed E-state index contributed by atoms with van der Waals surface area (Å²) >= 11 is -1.59. The summed E-state index contributed by atoms with van der Waals surface area (Å²) in [7, 11) is 0. The van der Waals surface area contributed by atoms with Crippen molar-refractivity contribution in [1.82, 2.24) is 0 Å². The third kappa shape index (κ3) is 2.35. The van der Waals surface area contributed by atoms with Crippen molar-refractivity contribution in [2.24, 2.45) is 0 Å². The zero-order chi connectivity index (χ0) is 6.57. The second-order valence-corrected chi connectivity index (χ2v) is 8.01. The maximum absolute atomic E-state index is 10.2. The summed E-state index contributed by atoms with van der Waals surface area (Å²) in [6.45, 7) is 3.93. The van der Waals surface area contributed by atoms with Crippen molar-refractivity contribution < 1.29 is 9.90 Å². The van der Waals surface area contributed by atoms with E-state index in [9.17, 15) is 4.79 Å². The summed E-state index contributed by atoms with van der Waals surface area (Å²) in [6.07, 6.45) is 0. The maximum atomic E-state index is 10.2. The normalized spacial score (nSPS) is 9.88. The van der Waals surface area contributed by atoms with Gasteiger partial charge in [-0.25, -0.2) is 0 Å². The second-order valence-electron chi connectivity index (χ2n) is 1.62. The first-order valence-electron chi connectivity index (χ1n) is 2.80. The Morgan fingerprint density at radius 1 is 1.50 bits per heavy atom. The fourth-order valence-corrected chi connectivity index (χ4v) is 2.87. The van der Waals surface area contributed by atoms with Gasteiger partial charge in [0.2, 0.25) is 0 Å². The number of hydrogen-bond donors (Lipinski definition) is 1. The van der Waals surface area contributed by atoms with Gasteiger partial charge in [-0.05, 0) is 0 Å². The number of hydrogen-bond acceptors (Lipinski definition) is 1. The Kier molecular flexibility index (Phi) is 3.96. The van der Waals surface area contributed by atoms with Gasteiger partial charge in [-0.1, -0.05) is 0 Å². The van der Waals surface area contributed by atoms with Gasteiger partial charge in [-0.3, -0.25) is 0 Å². The molecule has 0 aromatic heterocycles. The van der Waals surface area contributed by atoms with Crippen molar-refractivity contribution in [3.05, 3.63) is 0 Å². The Morgan fingerprint density at radius 3 is 1.88 bits per heavy atom. The van der Waals surface area contributed by atoms with Crippen LogP contribution in [0, 0.1) is 0 Å². The van der Waals surface area contributed by atoms with Crippen LogP contribution < -0.4 is 0 Å². The molecule has 2 nitrogen and oxygen atoms in total. The van der Waals surface area contributed by atoms with E-state index in [1.54, 1.807) is 0 Å². The van der Waals surface area contributed by atoms with Crippen LogP contribution in [-0.2, 0) is 0 Å². The molecule has 0 saturated carbocycles. The molecule has 0 aliphatic carbocycles. The van der Waals surface area contributed by atoms with Gasteiger partial charge in [0.05, 0.1) is 0 Å². The fraction of sp³-hybridized carbons (Fsp3) is 0.800. The van der Waals surface area contributed by atoms with Crippen LogP contribution in [0.1, 0.15) is 13.8 Å². The molecular formula is C5H11GeO2. The van der Waals surface area contributed by atoms with E-state index in [1.165, 1.54) is 0 Å². The van der Waals surface area contributed by atoms with Crippen LogP contribution in [0.4, 0.5) is 4.79 Å². The summed E-state index contributed by atoms with van der Waals surface area (Å²) in [5.41, 5.74) is 0. The summed E-state index contributed by atoms with van der Waals surface area (Å²) in [5.74, 6) is 0. The molecule has 0 fully saturated rings. The van der Waals surface area contributed by atoms with Gasteiger partial charge in [0.1, 0.15) is 0 Å². The van der Waals surface area contributed by atoms with Crippen LogP contribution in [-0.4, -0.2) is 24.3 Å². The minimum atomic E-state index is -1.59. The van der Waals surface area contributed by atoms with Gasteiger partial charge in [0, 0.05) is 0 Å². The first kappa shape index (κ1) is 8.01. The zero-order valence-corrected chi connectivity index (χ0v) is 7.37. The molecule has 0 atom stereocenters. The van der Waals surface area contributed by atoms with Gasteiger partial charge in [0.25, 0.3) is 0 Å². The molecule has 0 heterocycles. The van der Waals surface area contributed by atoms with Crippen molar-refractivity contribution in [2.75, 3.05) is 0 Å². The topological polar surface area (TPSA) is 37.3 Å². The molecule has 0 bridgehead atoms. The van der Waals surface area contributed by atoms with Gasteiger partial charge in [-0.15, -0.1) is 0 Å². The predicted molar refractivity (Wildman–Crippen MR) is 34.7 cm³/mol. The zero-order valence-electron chi connectivity index (χ0n) is 5.27. The quantitative estimate of drug-likeness (QED) is 0.665. The number of carbonyl (C=O) groups is 1. The Hall–Kier alpha value is 0.0129. The van der Waals surface area contributed by atoms with E-state index in [-0.39, 0.29) is 0 Å². The molecule has 47 valence electrons. The Labute approximate surface area is 54.0 Å². The number of rotatable bonds is 3. The standard InChI is InChI=1S/C5H11GeO2/c1-3-6(4-2)5(7)8/h3-4H2,1-2H3,(H,7,8). The van der Waals surface area contributed by atoms with Crippen molar-refractivity contribution in [1.29, 1.82) is 0 Å². The van der Waals surface area contributed by atoms with E-state index in [0.29, 0.717) is 0 Å². The molecule has 0 aromatic rings. The van der Waals surface area contributed by atoms with Gasteiger partial charge in [-0.2, -0.15) is 0 Å². The van der Waals surface area contributed by atoms with E-state index < -0.39 is 19.2 Å². The van der Waals surface area contributed by atoms with Crippen molar-refractivity contribution in [2.45, 2.75) is 24.4 Å². The molecule has 0 saturated heterocycles. The van der Waals surface area contributed by atoms with Crippen molar-refractivity contribution in [3.8, 4) is 0 Å². The average Bonchev–Trinajstić information content (AvgIpc) is 1.69. The third-order valence-electron chi connectivity index (χ3n) is 1.16. The van der Waals surface area contributed by atoms with E-state index >= 15 is 0 Å². The Morgan fingerprint density at radius 2 is 1.88 bits per heavy atom. The molecule has 0 rings (SSSR count). The molecule has 3 heteroatoms. The third-order valence-corrected chi connectivity index (χ3v) is 6.01. The first-order valence-corrected chi connectivity index (χ1v) is 6.82. The Balaban J connectivity index is 3.52. The molecule has 0 amide bonds. The molecule has 0 aliphatic heterocycles. The molecule has 0 unspecified atom stereocenters. The van der Waals surface area contributed by atoms with Crippen molar-refractivity contribution in [3.63, 3.8) is 0 Å². The predicted octanol–water partition coefficient (Wildman–Crippen LogP) is 1.78. The van der Waals surface area contributed by atoms with E-state index in [1.807, 2.05) is 13.8 Å². The van der Waals surface area contributed by atoms with Crippen LogP contribution in [0.15, 0.2) is 0 Å². The second kappa shape index (κ2) is 3.95. The van der Waals surface area contributed by atoms with Gasteiger partial charge in [0.15, 0.2) is 0 Å². The van der Waals surface area contributed by atoms with Gasteiger partial charge >= 0.3 is 53.4 Å². The fourth-order valence-electron chi connectivity index (χ4n) is 0.552. The molecule has 0 spiro atoms. The summed E-state index contributed by atoms with van der Waals surface area (Å²) in [4.78, 5) is 9.73. The van der Waals surface area contributed by atoms with Crippen LogP contribution >= 0.6 is 0 Å². The van der Waals surface area contributed by atoms with Crippen molar-refractivity contribution >= 4 is 19.2 Å². The average molecular weight is 176 g/mol. The molecule has 0 aliphatic rings. The first-order chi connectivity index (χ1) is 3.72. The SMILES string of the molecule is C[CH2][Ge]([CH2]C)[C](=O)O. The molecule has 8 heavy (non-hydrogen) atoms.